The van der Waals surface area contributed by atoms with Crippen LogP contribution < -0.4 is 10.6 Å². The van der Waals surface area contributed by atoms with Crippen molar-refractivity contribution in [1.82, 2.24) is 15.5 Å². The van der Waals surface area contributed by atoms with Crippen LogP contribution in [0.5, 0.6) is 0 Å². The number of alkyl halides is 3. The van der Waals surface area contributed by atoms with E-state index in [0.29, 0.717) is 36.1 Å². The normalized spacial score (nSPS) is 20.4. The Balaban J connectivity index is 0.00000392. The third-order valence-corrected chi connectivity index (χ3v) is 4.71. The molecule has 0 aromatic heterocycles. The SMILES string of the molecule is CN=C(NCC#Cc1ccc(C(F)(F)F)cc1)NC1CN(C(C)C)CC1C.I. The Morgan fingerprint density at radius 1 is 1.25 bits per heavy atom. The van der Waals surface area contributed by atoms with Gasteiger partial charge in [-0.3, -0.25) is 9.89 Å². The van der Waals surface area contributed by atoms with Crippen LogP contribution in [0, 0.1) is 17.8 Å². The fraction of sp³-hybridized carbons (Fsp3) is 0.550. The zero-order chi connectivity index (χ0) is 20.0. The number of likely N-dealkylation sites (tertiary alicyclic amines) is 1. The van der Waals surface area contributed by atoms with Crippen LogP contribution in [0.2, 0.25) is 0 Å². The molecule has 2 atom stereocenters. The molecule has 156 valence electrons. The molecule has 28 heavy (non-hydrogen) atoms. The van der Waals surface area contributed by atoms with Crippen LogP contribution in [0.1, 0.15) is 31.9 Å². The highest BCUT2D eigenvalue weighted by molar-refractivity contribution is 14.0. The number of nitrogens with one attached hydrogen (secondary N) is 2. The lowest BCUT2D eigenvalue weighted by Crippen LogP contribution is -2.46. The van der Waals surface area contributed by atoms with E-state index in [-0.39, 0.29) is 24.0 Å². The predicted octanol–water partition coefficient (Wildman–Crippen LogP) is 3.57. The van der Waals surface area contributed by atoms with Gasteiger partial charge in [0.1, 0.15) is 0 Å². The molecule has 1 heterocycles. The van der Waals surface area contributed by atoms with Gasteiger partial charge in [0.15, 0.2) is 5.96 Å². The fourth-order valence-corrected chi connectivity index (χ4v) is 3.00. The molecular weight excluding hydrogens is 480 g/mol. The molecule has 8 heteroatoms. The number of aliphatic imine (C=N–C) groups is 1. The second-order valence-corrected chi connectivity index (χ2v) is 7.08. The average molecular weight is 508 g/mol. The van der Waals surface area contributed by atoms with Crippen LogP contribution >= 0.6 is 24.0 Å². The molecule has 0 bridgehead atoms. The Bertz CT molecular complexity index is 705. The topological polar surface area (TPSA) is 39.7 Å². The van der Waals surface area contributed by atoms with Gasteiger partial charge >= 0.3 is 6.18 Å². The Morgan fingerprint density at radius 2 is 1.89 bits per heavy atom. The maximum Gasteiger partial charge on any atom is 0.416 e. The number of benzene rings is 1. The number of nitrogens with zero attached hydrogens (tertiary/aromatic N) is 2. The quantitative estimate of drug-likeness (QED) is 0.284. The standard InChI is InChI=1S/C20H27F3N4.HI/c1-14(2)27-12-15(3)18(13-27)26-19(24-4)25-11-5-6-16-7-9-17(10-8-16)20(21,22)23;/h7-10,14-15,18H,11-13H2,1-4H3,(H2,24,25,26);1H. The number of hydrogen-bond acceptors (Lipinski definition) is 2. The van der Waals surface area contributed by atoms with Crippen molar-refractivity contribution in [1.29, 1.82) is 0 Å². The lowest BCUT2D eigenvalue weighted by Gasteiger charge is -2.21. The van der Waals surface area contributed by atoms with Crippen molar-refractivity contribution in [2.24, 2.45) is 10.9 Å². The minimum Gasteiger partial charge on any atom is -0.352 e. The molecule has 0 spiro atoms. The highest BCUT2D eigenvalue weighted by Crippen LogP contribution is 2.28. The molecule has 0 aliphatic carbocycles. The lowest BCUT2D eigenvalue weighted by molar-refractivity contribution is -0.137. The first-order chi connectivity index (χ1) is 12.7. The van der Waals surface area contributed by atoms with Crippen LogP contribution in [0.3, 0.4) is 0 Å². The van der Waals surface area contributed by atoms with E-state index in [1.165, 1.54) is 12.1 Å². The monoisotopic (exact) mass is 508 g/mol. The van der Waals surface area contributed by atoms with Crippen LogP contribution in [0.4, 0.5) is 13.2 Å². The van der Waals surface area contributed by atoms with Gasteiger partial charge in [-0.15, -0.1) is 24.0 Å². The summed E-state index contributed by atoms with van der Waals surface area (Å²) < 4.78 is 37.6. The summed E-state index contributed by atoms with van der Waals surface area (Å²) in [6.45, 7) is 8.99. The van der Waals surface area contributed by atoms with Gasteiger partial charge in [0, 0.05) is 37.8 Å². The van der Waals surface area contributed by atoms with Crippen LogP contribution in [-0.2, 0) is 6.18 Å². The van der Waals surface area contributed by atoms with Crippen molar-refractivity contribution in [2.45, 2.75) is 39.0 Å². The summed E-state index contributed by atoms with van der Waals surface area (Å²) in [6.07, 6.45) is -4.33. The molecule has 4 nitrogen and oxygen atoms in total. The van der Waals surface area contributed by atoms with Crippen molar-refractivity contribution < 1.29 is 13.2 Å². The summed E-state index contributed by atoms with van der Waals surface area (Å²) in [5.74, 6) is 6.97. The summed E-state index contributed by atoms with van der Waals surface area (Å²) in [7, 11) is 1.71. The first kappa shape index (κ1) is 24.6. The van der Waals surface area contributed by atoms with Crippen molar-refractivity contribution in [3.63, 3.8) is 0 Å². The van der Waals surface area contributed by atoms with Gasteiger partial charge in [0.25, 0.3) is 0 Å². The van der Waals surface area contributed by atoms with Crippen LogP contribution in [-0.4, -0.2) is 49.6 Å². The van der Waals surface area contributed by atoms with Gasteiger partial charge in [0.2, 0.25) is 0 Å². The van der Waals surface area contributed by atoms with E-state index in [4.69, 9.17) is 0 Å². The second kappa shape index (κ2) is 10.9. The molecular formula is C20H28F3IN4. The van der Waals surface area contributed by atoms with E-state index in [0.717, 1.165) is 25.2 Å². The van der Waals surface area contributed by atoms with Crippen LogP contribution in [0.25, 0.3) is 0 Å². The Kier molecular flexibility index (Phi) is 9.57. The highest BCUT2D eigenvalue weighted by atomic mass is 127. The second-order valence-electron chi connectivity index (χ2n) is 7.08. The molecule has 2 rings (SSSR count). The molecule has 1 aliphatic rings. The molecule has 0 saturated carbocycles. The minimum atomic E-state index is -4.33. The molecule has 2 unspecified atom stereocenters. The number of guanidine groups is 1. The van der Waals surface area contributed by atoms with Gasteiger partial charge < -0.3 is 10.6 Å². The van der Waals surface area contributed by atoms with Crippen molar-refractivity contribution >= 4 is 29.9 Å². The van der Waals surface area contributed by atoms with Crippen molar-refractivity contribution in [3.05, 3.63) is 35.4 Å². The lowest BCUT2D eigenvalue weighted by atomic mass is 10.1. The maximum atomic E-state index is 12.5. The zero-order valence-corrected chi connectivity index (χ0v) is 18.9. The molecule has 1 fully saturated rings. The minimum absolute atomic E-state index is 0. The van der Waals surface area contributed by atoms with E-state index in [1.807, 2.05) is 0 Å². The molecule has 1 aromatic carbocycles. The first-order valence-electron chi connectivity index (χ1n) is 9.08. The Morgan fingerprint density at radius 3 is 2.39 bits per heavy atom. The third-order valence-electron chi connectivity index (χ3n) is 4.71. The molecule has 0 radical (unpaired) electrons. The van der Waals surface area contributed by atoms with E-state index in [2.05, 4.69) is 53.1 Å². The highest BCUT2D eigenvalue weighted by Gasteiger charge is 2.31. The smallest absolute Gasteiger partial charge is 0.352 e. The average Bonchev–Trinajstić information content (AvgIpc) is 2.98. The van der Waals surface area contributed by atoms with E-state index < -0.39 is 11.7 Å². The number of rotatable bonds is 3. The number of hydrogen-bond donors (Lipinski definition) is 2. The van der Waals surface area contributed by atoms with E-state index >= 15 is 0 Å². The predicted molar refractivity (Wildman–Crippen MR) is 118 cm³/mol. The molecule has 1 saturated heterocycles. The van der Waals surface area contributed by atoms with Crippen molar-refractivity contribution in [2.75, 3.05) is 26.7 Å². The molecule has 1 aromatic rings. The Labute approximate surface area is 182 Å². The summed E-state index contributed by atoms with van der Waals surface area (Å²) in [6, 6.07) is 5.68. The Hall–Kier alpha value is -1.47. The third kappa shape index (κ3) is 7.17. The van der Waals surface area contributed by atoms with Gasteiger partial charge in [-0.2, -0.15) is 13.2 Å². The summed E-state index contributed by atoms with van der Waals surface area (Å²) in [5.41, 5.74) is -0.123. The summed E-state index contributed by atoms with van der Waals surface area (Å²) in [4.78, 5) is 6.65. The van der Waals surface area contributed by atoms with Gasteiger partial charge in [-0.05, 0) is 44.0 Å². The van der Waals surface area contributed by atoms with Crippen LogP contribution in [0.15, 0.2) is 29.3 Å². The van der Waals surface area contributed by atoms with Gasteiger partial charge in [0.05, 0.1) is 12.1 Å². The number of halogens is 4. The largest absolute Gasteiger partial charge is 0.416 e. The fourth-order valence-electron chi connectivity index (χ4n) is 3.00. The van der Waals surface area contributed by atoms with Gasteiger partial charge in [-0.25, -0.2) is 0 Å². The van der Waals surface area contributed by atoms with Gasteiger partial charge in [-0.1, -0.05) is 18.8 Å². The zero-order valence-electron chi connectivity index (χ0n) is 16.6. The van der Waals surface area contributed by atoms with E-state index in [1.54, 1.807) is 7.05 Å². The molecule has 2 N–H and O–H groups in total. The summed E-state index contributed by atoms with van der Waals surface area (Å²) in [5, 5.41) is 6.56. The first-order valence-corrected chi connectivity index (χ1v) is 9.08. The summed E-state index contributed by atoms with van der Waals surface area (Å²) >= 11 is 0. The molecule has 1 aliphatic heterocycles. The van der Waals surface area contributed by atoms with E-state index in [9.17, 15) is 13.2 Å². The molecule has 0 amide bonds. The van der Waals surface area contributed by atoms with Crippen molar-refractivity contribution in [3.8, 4) is 11.8 Å². The maximum absolute atomic E-state index is 12.5.